The van der Waals surface area contributed by atoms with Crippen LogP contribution in [0.2, 0.25) is 0 Å². The molecule has 7 heteroatoms. The summed E-state index contributed by atoms with van der Waals surface area (Å²) in [6.45, 7) is 2.14. The lowest BCUT2D eigenvalue weighted by atomic mass is 9.83. The standard InChI is InChI=1S/C20H20F3NO3/c1-13-5-6-14(11-17(13)25)18(26)24-9-7-19(27,8-10-24)15-3-2-4-16(12-15)20(21,22)23/h2-6,11-12,25,27H,7-10H2,1H3. The van der Waals surface area contributed by atoms with Crippen molar-refractivity contribution < 1.29 is 28.2 Å². The number of benzene rings is 2. The van der Waals surface area contributed by atoms with E-state index < -0.39 is 17.3 Å². The molecule has 1 aliphatic rings. The van der Waals surface area contributed by atoms with E-state index >= 15 is 0 Å². The van der Waals surface area contributed by atoms with Crippen molar-refractivity contribution in [2.45, 2.75) is 31.5 Å². The Labute approximate surface area is 154 Å². The number of amides is 1. The number of likely N-dealkylation sites (tertiary alicyclic amines) is 1. The molecule has 1 amide bonds. The Bertz CT molecular complexity index is 856. The van der Waals surface area contributed by atoms with Crippen molar-refractivity contribution in [2.75, 3.05) is 13.1 Å². The highest BCUT2D eigenvalue weighted by Crippen LogP contribution is 2.37. The van der Waals surface area contributed by atoms with Gasteiger partial charge in [0.2, 0.25) is 0 Å². The topological polar surface area (TPSA) is 60.8 Å². The summed E-state index contributed by atoms with van der Waals surface area (Å²) < 4.78 is 38.8. The molecule has 2 aromatic carbocycles. The highest BCUT2D eigenvalue weighted by Gasteiger charge is 2.38. The van der Waals surface area contributed by atoms with Gasteiger partial charge in [-0.05, 0) is 55.2 Å². The zero-order chi connectivity index (χ0) is 19.8. The predicted octanol–water partition coefficient (Wildman–Crippen LogP) is 3.84. The molecule has 0 saturated carbocycles. The number of halogens is 3. The summed E-state index contributed by atoms with van der Waals surface area (Å²) in [5, 5.41) is 20.6. The predicted molar refractivity (Wildman–Crippen MR) is 93.3 cm³/mol. The van der Waals surface area contributed by atoms with Gasteiger partial charge in [-0.2, -0.15) is 13.2 Å². The zero-order valence-electron chi connectivity index (χ0n) is 14.8. The highest BCUT2D eigenvalue weighted by molar-refractivity contribution is 5.94. The number of rotatable bonds is 2. The number of piperidine rings is 1. The van der Waals surface area contributed by atoms with E-state index in [-0.39, 0.29) is 43.2 Å². The fourth-order valence-electron chi connectivity index (χ4n) is 3.28. The number of alkyl halides is 3. The van der Waals surface area contributed by atoms with Crippen LogP contribution >= 0.6 is 0 Å². The third-order valence-electron chi connectivity index (χ3n) is 5.06. The Morgan fingerprint density at radius 1 is 1.11 bits per heavy atom. The molecule has 0 atom stereocenters. The molecular weight excluding hydrogens is 359 g/mol. The van der Waals surface area contributed by atoms with Crippen LogP contribution in [0.25, 0.3) is 0 Å². The first-order chi connectivity index (χ1) is 12.6. The monoisotopic (exact) mass is 379 g/mol. The Balaban J connectivity index is 1.74. The lowest BCUT2D eigenvalue weighted by Gasteiger charge is -2.38. The lowest BCUT2D eigenvalue weighted by molar-refractivity contribution is -0.137. The second kappa shape index (κ2) is 6.88. The Hall–Kier alpha value is -2.54. The van der Waals surface area contributed by atoms with E-state index in [1.165, 1.54) is 23.1 Å². The van der Waals surface area contributed by atoms with Crippen molar-refractivity contribution in [1.29, 1.82) is 0 Å². The first-order valence-electron chi connectivity index (χ1n) is 8.59. The van der Waals surface area contributed by atoms with Gasteiger partial charge in [-0.15, -0.1) is 0 Å². The average molecular weight is 379 g/mol. The number of carbonyl (C=O) groups excluding carboxylic acids is 1. The third-order valence-corrected chi connectivity index (χ3v) is 5.06. The van der Waals surface area contributed by atoms with Crippen LogP contribution in [0, 0.1) is 6.92 Å². The van der Waals surface area contributed by atoms with Gasteiger partial charge in [-0.25, -0.2) is 0 Å². The van der Waals surface area contributed by atoms with Crippen molar-refractivity contribution >= 4 is 5.91 Å². The summed E-state index contributed by atoms with van der Waals surface area (Å²) in [4.78, 5) is 14.1. The molecule has 1 fully saturated rings. The maximum absolute atomic E-state index is 12.9. The van der Waals surface area contributed by atoms with E-state index in [9.17, 15) is 28.2 Å². The maximum atomic E-state index is 12.9. The molecule has 4 nitrogen and oxygen atoms in total. The van der Waals surface area contributed by atoms with Crippen LogP contribution in [0.15, 0.2) is 42.5 Å². The first-order valence-corrected chi connectivity index (χ1v) is 8.59. The van der Waals surface area contributed by atoms with Gasteiger partial charge in [0.05, 0.1) is 11.2 Å². The number of aliphatic hydroxyl groups is 1. The van der Waals surface area contributed by atoms with E-state index in [0.717, 1.165) is 12.1 Å². The second-order valence-electron chi connectivity index (χ2n) is 6.90. The van der Waals surface area contributed by atoms with Gasteiger partial charge in [-0.3, -0.25) is 4.79 Å². The maximum Gasteiger partial charge on any atom is 0.416 e. The quantitative estimate of drug-likeness (QED) is 0.833. The average Bonchev–Trinajstić information content (AvgIpc) is 2.63. The van der Waals surface area contributed by atoms with Crippen LogP contribution in [-0.4, -0.2) is 34.1 Å². The Morgan fingerprint density at radius 3 is 2.37 bits per heavy atom. The van der Waals surface area contributed by atoms with Crippen LogP contribution in [0.3, 0.4) is 0 Å². The molecule has 144 valence electrons. The van der Waals surface area contributed by atoms with Crippen molar-refractivity contribution in [1.82, 2.24) is 4.90 Å². The fourth-order valence-corrected chi connectivity index (χ4v) is 3.28. The lowest BCUT2D eigenvalue weighted by Crippen LogP contribution is -2.45. The Kier molecular flexibility index (Phi) is 4.90. The van der Waals surface area contributed by atoms with Gasteiger partial charge in [0.15, 0.2) is 0 Å². The number of aromatic hydroxyl groups is 1. The number of phenols is 1. The van der Waals surface area contributed by atoms with E-state index in [4.69, 9.17) is 0 Å². The summed E-state index contributed by atoms with van der Waals surface area (Å²) in [6, 6.07) is 9.35. The van der Waals surface area contributed by atoms with Crippen molar-refractivity contribution in [3.8, 4) is 5.75 Å². The number of hydrogen-bond donors (Lipinski definition) is 2. The van der Waals surface area contributed by atoms with E-state index in [1.807, 2.05) is 0 Å². The van der Waals surface area contributed by atoms with Crippen molar-refractivity contribution in [3.63, 3.8) is 0 Å². The number of phenolic OH excluding ortho intramolecular Hbond substituents is 1. The van der Waals surface area contributed by atoms with Crippen molar-refractivity contribution in [2.24, 2.45) is 0 Å². The summed E-state index contributed by atoms with van der Waals surface area (Å²) in [6.07, 6.45) is -4.20. The van der Waals surface area contributed by atoms with E-state index in [0.29, 0.717) is 11.1 Å². The highest BCUT2D eigenvalue weighted by atomic mass is 19.4. The number of hydrogen-bond acceptors (Lipinski definition) is 3. The minimum Gasteiger partial charge on any atom is -0.508 e. The molecule has 0 aliphatic carbocycles. The molecule has 0 unspecified atom stereocenters. The van der Waals surface area contributed by atoms with Crippen LogP contribution in [0.1, 0.15) is 39.9 Å². The minimum absolute atomic E-state index is 0.0262. The third kappa shape index (κ3) is 3.93. The molecule has 1 heterocycles. The van der Waals surface area contributed by atoms with Gasteiger partial charge in [0.25, 0.3) is 5.91 Å². The number of carbonyl (C=O) groups is 1. The summed E-state index contributed by atoms with van der Waals surface area (Å²) in [5.41, 5.74) is -1.01. The minimum atomic E-state index is -4.48. The Morgan fingerprint density at radius 2 is 1.78 bits per heavy atom. The largest absolute Gasteiger partial charge is 0.508 e. The first kappa shape index (κ1) is 19.2. The molecule has 0 radical (unpaired) electrons. The van der Waals surface area contributed by atoms with Crippen LogP contribution in [0.4, 0.5) is 13.2 Å². The number of aryl methyl sites for hydroxylation is 1. The molecule has 0 bridgehead atoms. The molecule has 1 aliphatic heterocycles. The van der Waals surface area contributed by atoms with Crippen molar-refractivity contribution in [3.05, 3.63) is 64.7 Å². The summed E-state index contributed by atoms with van der Waals surface area (Å²) in [7, 11) is 0. The number of nitrogens with zero attached hydrogens (tertiary/aromatic N) is 1. The van der Waals surface area contributed by atoms with E-state index in [1.54, 1.807) is 19.1 Å². The molecule has 0 spiro atoms. The zero-order valence-corrected chi connectivity index (χ0v) is 14.8. The van der Waals surface area contributed by atoms with Crippen LogP contribution < -0.4 is 0 Å². The SMILES string of the molecule is Cc1ccc(C(=O)N2CCC(O)(c3cccc(C(F)(F)F)c3)CC2)cc1O. The summed E-state index contributed by atoms with van der Waals surface area (Å²) >= 11 is 0. The molecule has 1 saturated heterocycles. The van der Waals surface area contributed by atoms with Gasteiger partial charge in [-0.1, -0.05) is 18.2 Å². The molecule has 27 heavy (non-hydrogen) atoms. The van der Waals surface area contributed by atoms with Crippen LogP contribution in [0.5, 0.6) is 5.75 Å². The fraction of sp³-hybridized carbons (Fsp3) is 0.350. The van der Waals surface area contributed by atoms with Gasteiger partial charge in [0.1, 0.15) is 5.75 Å². The molecule has 3 rings (SSSR count). The molecule has 2 aromatic rings. The molecule has 2 N–H and O–H groups in total. The molecular formula is C20H20F3NO3. The van der Waals surface area contributed by atoms with Gasteiger partial charge >= 0.3 is 6.18 Å². The van der Waals surface area contributed by atoms with Crippen LogP contribution in [-0.2, 0) is 11.8 Å². The van der Waals surface area contributed by atoms with E-state index in [2.05, 4.69) is 0 Å². The second-order valence-corrected chi connectivity index (χ2v) is 6.90. The summed E-state index contributed by atoms with van der Waals surface area (Å²) in [5.74, 6) is -0.255. The smallest absolute Gasteiger partial charge is 0.416 e. The van der Waals surface area contributed by atoms with Gasteiger partial charge in [0, 0.05) is 18.7 Å². The van der Waals surface area contributed by atoms with Gasteiger partial charge < -0.3 is 15.1 Å². The molecule has 0 aromatic heterocycles. The normalized spacial score (nSPS) is 17.0.